The number of halogens is 2. The van der Waals surface area contributed by atoms with Gasteiger partial charge in [0.2, 0.25) is 0 Å². The fourth-order valence-corrected chi connectivity index (χ4v) is 8.48. The lowest BCUT2D eigenvalue weighted by Crippen LogP contribution is -2.34. The summed E-state index contributed by atoms with van der Waals surface area (Å²) in [5, 5.41) is 1.20. The van der Waals surface area contributed by atoms with Gasteiger partial charge in [-0.2, -0.15) is 0 Å². The van der Waals surface area contributed by atoms with Crippen LogP contribution in [0.25, 0.3) is 0 Å². The third kappa shape index (κ3) is 3.27. The summed E-state index contributed by atoms with van der Waals surface area (Å²) in [4.78, 5) is 0. The zero-order valence-electron chi connectivity index (χ0n) is 15.0. The maximum Gasteiger partial charge on any atom is 0.172 e. The molecule has 1 aromatic heterocycles. The van der Waals surface area contributed by atoms with Crippen LogP contribution in [0.4, 0.5) is 5.69 Å². The Bertz CT molecular complexity index is 799. The summed E-state index contributed by atoms with van der Waals surface area (Å²) in [6.45, 7) is 6.14. The second-order valence-electron chi connectivity index (χ2n) is 6.94. The highest BCUT2D eigenvalue weighted by Crippen LogP contribution is 2.61. The number of hydrogen-bond acceptors (Lipinski definition) is 2. The summed E-state index contributed by atoms with van der Waals surface area (Å²) in [6, 6.07) is 9.74. The Morgan fingerprint density at radius 3 is 1.88 bits per heavy atom. The smallest absolute Gasteiger partial charge is 0.172 e. The molecule has 0 atom stereocenters. The molecule has 0 aliphatic carbocycles. The van der Waals surface area contributed by atoms with E-state index in [1.165, 1.54) is 25.7 Å². The lowest BCUT2D eigenvalue weighted by Gasteiger charge is -2.39. The molecule has 1 aromatic carbocycles. The molecule has 0 N–H and O–H groups in total. The number of hydrogen-bond donors (Lipinski definition) is 0. The number of rotatable bonds is 4. The Morgan fingerprint density at radius 2 is 1.42 bits per heavy atom. The molecule has 0 amide bonds. The molecule has 0 saturated carbocycles. The molecular formula is C19H24Cl2N3OP. The van der Waals surface area contributed by atoms with Crippen molar-refractivity contribution in [2.45, 2.75) is 32.6 Å². The van der Waals surface area contributed by atoms with Crippen molar-refractivity contribution in [2.75, 3.05) is 26.2 Å². The van der Waals surface area contributed by atoms with E-state index in [-0.39, 0.29) is 0 Å². The van der Waals surface area contributed by atoms with Crippen molar-refractivity contribution in [3.8, 4) is 0 Å². The van der Waals surface area contributed by atoms with Crippen LogP contribution in [-0.2, 0) is 0 Å². The molecule has 140 valence electrons. The van der Waals surface area contributed by atoms with Crippen LogP contribution in [0, 0.1) is 6.92 Å². The van der Waals surface area contributed by atoms with Crippen molar-refractivity contribution < 1.29 is 4.42 Å². The van der Waals surface area contributed by atoms with E-state index in [2.05, 4.69) is 15.4 Å². The molecule has 4 rings (SSSR count). The van der Waals surface area contributed by atoms with Crippen LogP contribution in [0.2, 0.25) is 10.0 Å². The van der Waals surface area contributed by atoms with Gasteiger partial charge in [0, 0.05) is 26.2 Å². The summed E-state index contributed by atoms with van der Waals surface area (Å²) in [7, 11) is -2.24. The quantitative estimate of drug-likeness (QED) is 0.571. The first-order valence-corrected chi connectivity index (χ1v) is 11.7. The van der Waals surface area contributed by atoms with Crippen LogP contribution in [0.3, 0.4) is 0 Å². The van der Waals surface area contributed by atoms with Crippen LogP contribution in [0.5, 0.6) is 0 Å². The van der Waals surface area contributed by atoms with Gasteiger partial charge in [-0.15, -0.1) is 0 Å². The van der Waals surface area contributed by atoms with Crippen LogP contribution in [0.1, 0.15) is 31.4 Å². The zero-order valence-corrected chi connectivity index (χ0v) is 17.4. The minimum Gasteiger partial charge on any atom is -0.457 e. The van der Waals surface area contributed by atoms with Gasteiger partial charge < -0.3 is 4.42 Å². The fraction of sp³-hybridized carbons (Fsp3) is 0.474. The van der Waals surface area contributed by atoms with Gasteiger partial charge in [0.05, 0.1) is 10.0 Å². The molecule has 4 nitrogen and oxygen atoms in total. The molecular weight excluding hydrogens is 388 g/mol. The topological polar surface area (TPSA) is 32.0 Å². The van der Waals surface area contributed by atoms with Crippen molar-refractivity contribution in [1.82, 2.24) is 9.34 Å². The van der Waals surface area contributed by atoms with E-state index in [4.69, 9.17) is 32.4 Å². The predicted octanol–water partition coefficient (Wildman–Crippen LogP) is 6.07. The van der Waals surface area contributed by atoms with Crippen molar-refractivity contribution >= 4 is 41.7 Å². The lowest BCUT2D eigenvalue weighted by atomic mass is 10.3. The first-order chi connectivity index (χ1) is 12.6. The third-order valence-electron chi connectivity index (χ3n) is 5.15. The number of furan rings is 1. The maximum absolute atomic E-state index is 6.51. The average Bonchev–Trinajstić information content (AvgIpc) is 3.38. The van der Waals surface area contributed by atoms with Gasteiger partial charge in [0.15, 0.2) is 12.9 Å². The van der Waals surface area contributed by atoms with E-state index in [0.717, 1.165) is 37.4 Å². The van der Waals surface area contributed by atoms with Crippen LogP contribution in [-0.4, -0.2) is 35.5 Å². The minimum absolute atomic E-state index is 0.601. The Labute approximate surface area is 165 Å². The minimum atomic E-state index is -2.24. The number of aryl methyl sites for hydroxylation is 1. The first-order valence-electron chi connectivity index (χ1n) is 9.25. The maximum atomic E-state index is 6.51. The molecule has 2 aliphatic heterocycles. The molecule has 2 saturated heterocycles. The Morgan fingerprint density at radius 1 is 0.885 bits per heavy atom. The molecule has 7 heteroatoms. The molecule has 26 heavy (non-hydrogen) atoms. The van der Waals surface area contributed by atoms with Crippen LogP contribution in [0.15, 0.2) is 39.5 Å². The van der Waals surface area contributed by atoms with E-state index in [1.54, 1.807) is 0 Å². The highest BCUT2D eigenvalue weighted by atomic mass is 35.5. The van der Waals surface area contributed by atoms with Gasteiger partial charge in [0.25, 0.3) is 0 Å². The molecule has 0 radical (unpaired) electrons. The molecule has 2 fully saturated rings. The molecule has 0 bridgehead atoms. The van der Waals surface area contributed by atoms with Gasteiger partial charge in [-0.05, 0) is 56.9 Å². The molecule has 0 spiro atoms. The van der Waals surface area contributed by atoms with Crippen molar-refractivity contribution in [1.29, 1.82) is 0 Å². The first kappa shape index (κ1) is 18.6. The second-order valence-corrected chi connectivity index (χ2v) is 10.7. The molecule has 2 aliphatic rings. The largest absolute Gasteiger partial charge is 0.457 e. The average molecular weight is 412 g/mol. The molecule has 3 heterocycles. The highest BCUT2D eigenvalue weighted by molar-refractivity contribution is 7.69. The van der Waals surface area contributed by atoms with E-state index in [9.17, 15) is 0 Å². The monoisotopic (exact) mass is 411 g/mol. The summed E-state index contributed by atoms with van der Waals surface area (Å²) in [5.41, 5.74) is 1.66. The summed E-state index contributed by atoms with van der Waals surface area (Å²) in [5.74, 6) is 0.920. The summed E-state index contributed by atoms with van der Waals surface area (Å²) >= 11 is 13.0. The Balaban J connectivity index is 1.99. The van der Waals surface area contributed by atoms with E-state index in [1.807, 2.05) is 31.2 Å². The van der Waals surface area contributed by atoms with Gasteiger partial charge in [0.1, 0.15) is 11.4 Å². The lowest BCUT2D eigenvalue weighted by molar-refractivity contribution is 0.458. The van der Waals surface area contributed by atoms with Crippen molar-refractivity contribution in [3.63, 3.8) is 0 Å². The summed E-state index contributed by atoms with van der Waals surface area (Å²) in [6.07, 6.45) is 4.78. The van der Waals surface area contributed by atoms with Crippen LogP contribution >= 0.6 is 30.6 Å². The third-order valence-corrected chi connectivity index (χ3v) is 9.45. The summed E-state index contributed by atoms with van der Waals surface area (Å²) < 4.78 is 16.6. The van der Waals surface area contributed by atoms with E-state index in [0.29, 0.717) is 15.7 Å². The Hall–Kier alpha value is -0.770. The Kier molecular flexibility index (Phi) is 5.50. The number of benzene rings is 1. The van der Waals surface area contributed by atoms with Crippen molar-refractivity contribution in [3.05, 3.63) is 46.1 Å². The predicted molar refractivity (Wildman–Crippen MR) is 110 cm³/mol. The van der Waals surface area contributed by atoms with Gasteiger partial charge >= 0.3 is 0 Å². The standard InChI is InChI=1S/C19H24Cl2N3OP/c1-15-9-10-18(25-15)26(23-11-2-3-12-23,24-13-4-5-14-24)22-19-16(20)7-6-8-17(19)21/h6-10H,2-5,11-14H2,1H3. The SMILES string of the molecule is Cc1ccc(P(=Nc2c(Cl)cccc2Cl)(N2CCCC2)N2CCCC2)o1. The van der Waals surface area contributed by atoms with Crippen LogP contribution < -0.4 is 5.50 Å². The molecule has 0 unspecified atom stereocenters. The number of nitrogens with zero attached hydrogens (tertiary/aromatic N) is 3. The second kappa shape index (κ2) is 7.69. The zero-order chi connectivity index (χ0) is 18.1. The van der Waals surface area contributed by atoms with E-state index < -0.39 is 7.36 Å². The fourth-order valence-electron chi connectivity index (χ4n) is 3.90. The normalized spacial score (nSPS) is 19.3. The van der Waals surface area contributed by atoms with Gasteiger partial charge in [-0.25, -0.2) is 4.74 Å². The van der Waals surface area contributed by atoms with E-state index >= 15 is 0 Å². The highest BCUT2D eigenvalue weighted by Gasteiger charge is 2.41. The molecule has 2 aromatic rings. The van der Waals surface area contributed by atoms with Gasteiger partial charge in [-0.3, -0.25) is 9.34 Å². The van der Waals surface area contributed by atoms with Crippen molar-refractivity contribution in [2.24, 2.45) is 4.74 Å². The van der Waals surface area contributed by atoms with Gasteiger partial charge in [-0.1, -0.05) is 29.3 Å².